The van der Waals surface area contributed by atoms with Crippen molar-refractivity contribution in [3.8, 4) is 0 Å². The maximum absolute atomic E-state index is 10.2. The van der Waals surface area contributed by atoms with Crippen molar-refractivity contribution in [2.24, 2.45) is 0 Å². The topological polar surface area (TPSA) is 66.4 Å². The number of rotatable bonds is 8. The lowest BCUT2D eigenvalue weighted by molar-refractivity contribution is 0.128. The third-order valence-electron chi connectivity index (χ3n) is 1.58. The van der Waals surface area contributed by atoms with Crippen LogP contribution in [0.2, 0.25) is 0 Å². The SMILES string of the molecule is CCCCOCCCCS(=O)(=O)[O-]. The van der Waals surface area contributed by atoms with Crippen molar-refractivity contribution in [3.63, 3.8) is 0 Å². The summed E-state index contributed by atoms with van der Waals surface area (Å²) in [6.07, 6.45) is 3.16. The lowest BCUT2D eigenvalue weighted by atomic mass is 10.3. The first-order chi connectivity index (χ1) is 6.06. The standard InChI is InChI=1S/C8H18O4S/c1-2-3-6-12-7-4-5-8-13(9,10)11/h2-8H2,1H3,(H,9,10,11)/p-1. The molecule has 0 bridgehead atoms. The molecule has 5 heteroatoms. The quantitative estimate of drug-likeness (QED) is 0.444. The molecule has 0 rings (SSSR count). The van der Waals surface area contributed by atoms with E-state index in [0.717, 1.165) is 19.4 Å². The van der Waals surface area contributed by atoms with E-state index in [4.69, 9.17) is 4.74 Å². The molecule has 0 aliphatic rings. The van der Waals surface area contributed by atoms with Crippen molar-refractivity contribution >= 4 is 10.1 Å². The Morgan fingerprint density at radius 2 is 1.77 bits per heavy atom. The summed E-state index contributed by atoms with van der Waals surface area (Å²) < 4.78 is 35.7. The van der Waals surface area contributed by atoms with Crippen LogP contribution in [0.4, 0.5) is 0 Å². The number of ether oxygens (including phenoxy) is 1. The minimum atomic E-state index is -4.03. The highest BCUT2D eigenvalue weighted by atomic mass is 32.2. The van der Waals surface area contributed by atoms with Gasteiger partial charge in [-0.2, -0.15) is 0 Å². The molecule has 0 amide bonds. The molecule has 0 unspecified atom stereocenters. The van der Waals surface area contributed by atoms with Crippen LogP contribution in [0.5, 0.6) is 0 Å². The third kappa shape index (κ3) is 11.9. The van der Waals surface area contributed by atoms with Crippen molar-refractivity contribution in [2.45, 2.75) is 32.6 Å². The van der Waals surface area contributed by atoms with Crippen molar-refractivity contribution in [1.82, 2.24) is 0 Å². The van der Waals surface area contributed by atoms with Gasteiger partial charge in [0.25, 0.3) is 0 Å². The summed E-state index contributed by atoms with van der Waals surface area (Å²) in [7, 11) is -4.03. The molecule has 0 aliphatic heterocycles. The summed E-state index contributed by atoms with van der Waals surface area (Å²) in [5.41, 5.74) is 0. The first-order valence-electron chi connectivity index (χ1n) is 4.57. The molecule has 13 heavy (non-hydrogen) atoms. The fourth-order valence-electron chi connectivity index (χ4n) is 0.831. The van der Waals surface area contributed by atoms with Gasteiger partial charge in [-0.15, -0.1) is 0 Å². The van der Waals surface area contributed by atoms with Crippen LogP contribution in [0.25, 0.3) is 0 Å². The predicted molar refractivity (Wildman–Crippen MR) is 49.5 cm³/mol. The van der Waals surface area contributed by atoms with Gasteiger partial charge in [0, 0.05) is 19.0 Å². The Bertz CT molecular complexity index is 198. The molecule has 0 N–H and O–H groups in total. The van der Waals surface area contributed by atoms with E-state index < -0.39 is 10.1 Å². The maximum Gasteiger partial charge on any atom is 0.0945 e. The number of unbranched alkanes of at least 4 members (excludes halogenated alkanes) is 2. The van der Waals surface area contributed by atoms with Crippen molar-refractivity contribution in [3.05, 3.63) is 0 Å². The average molecular weight is 209 g/mol. The monoisotopic (exact) mass is 209 g/mol. The van der Waals surface area contributed by atoms with Gasteiger partial charge in [-0.05, 0) is 19.3 Å². The average Bonchev–Trinajstić information content (AvgIpc) is 2.01. The lowest BCUT2D eigenvalue weighted by Crippen LogP contribution is -2.05. The highest BCUT2D eigenvalue weighted by Crippen LogP contribution is 1.95. The Labute approximate surface area is 80.0 Å². The Morgan fingerprint density at radius 3 is 2.31 bits per heavy atom. The van der Waals surface area contributed by atoms with Crippen molar-refractivity contribution < 1.29 is 17.7 Å². The largest absolute Gasteiger partial charge is 0.748 e. The highest BCUT2D eigenvalue weighted by molar-refractivity contribution is 7.85. The zero-order chi connectivity index (χ0) is 10.2. The first kappa shape index (κ1) is 12.9. The molecule has 0 heterocycles. The Kier molecular flexibility index (Phi) is 7.22. The highest BCUT2D eigenvalue weighted by Gasteiger charge is 1.95. The molecule has 0 saturated heterocycles. The molecule has 0 aromatic rings. The van der Waals surface area contributed by atoms with E-state index in [1.165, 1.54) is 0 Å². The molecule has 0 spiro atoms. The fourth-order valence-corrected chi connectivity index (χ4v) is 1.39. The second-order valence-electron chi connectivity index (χ2n) is 2.93. The van der Waals surface area contributed by atoms with Gasteiger partial charge in [-0.25, -0.2) is 8.42 Å². The molecule has 80 valence electrons. The van der Waals surface area contributed by atoms with Gasteiger partial charge in [-0.3, -0.25) is 0 Å². The van der Waals surface area contributed by atoms with Gasteiger partial charge in [0.15, 0.2) is 0 Å². The summed E-state index contributed by atoms with van der Waals surface area (Å²) in [6.45, 7) is 3.35. The first-order valence-corrected chi connectivity index (χ1v) is 6.15. The normalized spacial score (nSPS) is 11.8. The number of hydrogen-bond acceptors (Lipinski definition) is 4. The van der Waals surface area contributed by atoms with E-state index in [-0.39, 0.29) is 5.75 Å². The van der Waals surface area contributed by atoms with Crippen LogP contribution in [0.1, 0.15) is 32.6 Å². The molecule has 0 fully saturated rings. The fraction of sp³-hybridized carbons (Fsp3) is 1.00. The summed E-state index contributed by atoms with van der Waals surface area (Å²) >= 11 is 0. The molecular formula is C8H17O4S-. The van der Waals surface area contributed by atoms with Crippen molar-refractivity contribution in [1.29, 1.82) is 0 Å². The molecular weight excluding hydrogens is 192 g/mol. The molecule has 0 saturated carbocycles. The van der Waals surface area contributed by atoms with Crippen molar-refractivity contribution in [2.75, 3.05) is 19.0 Å². The second-order valence-corrected chi connectivity index (χ2v) is 4.46. The Hall–Kier alpha value is -0.130. The molecule has 4 nitrogen and oxygen atoms in total. The van der Waals surface area contributed by atoms with Gasteiger partial charge >= 0.3 is 0 Å². The van der Waals surface area contributed by atoms with E-state index in [1.54, 1.807) is 0 Å². The van der Waals surface area contributed by atoms with E-state index in [1.807, 2.05) is 0 Å². The van der Waals surface area contributed by atoms with Gasteiger partial charge in [0.05, 0.1) is 10.1 Å². The minimum Gasteiger partial charge on any atom is -0.748 e. The van der Waals surface area contributed by atoms with Gasteiger partial charge in [0.2, 0.25) is 0 Å². The third-order valence-corrected chi connectivity index (χ3v) is 2.36. The number of hydrogen-bond donors (Lipinski definition) is 0. The zero-order valence-electron chi connectivity index (χ0n) is 7.99. The molecule has 0 aliphatic carbocycles. The zero-order valence-corrected chi connectivity index (χ0v) is 8.81. The lowest BCUT2D eigenvalue weighted by Gasteiger charge is -2.06. The maximum atomic E-state index is 10.2. The van der Waals surface area contributed by atoms with Gasteiger partial charge in [-0.1, -0.05) is 13.3 Å². The molecule has 0 aromatic carbocycles. The second kappa shape index (κ2) is 7.29. The van der Waals surface area contributed by atoms with Crippen LogP contribution in [-0.2, 0) is 14.9 Å². The summed E-state index contributed by atoms with van der Waals surface area (Å²) in [6, 6.07) is 0. The summed E-state index contributed by atoms with van der Waals surface area (Å²) in [4.78, 5) is 0. The summed E-state index contributed by atoms with van der Waals surface area (Å²) in [5.74, 6) is -0.274. The Morgan fingerprint density at radius 1 is 1.15 bits per heavy atom. The van der Waals surface area contributed by atoms with Crippen LogP contribution in [0.3, 0.4) is 0 Å². The van der Waals surface area contributed by atoms with Gasteiger partial charge in [0.1, 0.15) is 0 Å². The smallest absolute Gasteiger partial charge is 0.0945 e. The van der Waals surface area contributed by atoms with Gasteiger partial charge < -0.3 is 9.29 Å². The molecule has 0 atom stereocenters. The summed E-state index contributed by atoms with van der Waals surface area (Å²) in [5, 5.41) is 0. The molecule has 0 aromatic heterocycles. The Balaban J connectivity index is 3.09. The van der Waals surface area contributed by atoms with Crippen LogP contribution in [-0.4, -0.2) is 31.9 Å². The van der Waals surface area contributed by atoms with E-state index in [9.17, 15) is 13.0 Å². The molecule has 0 radical (unpaired) electrons. The van der Waals surface area contributed by atoms with E-state index in [2.05, 4.69) is 6.92 Å². The van der Waals surface area contributed by atoms with Crippen LogP contribution in [0, 0.1) is 0 Å². The minimum absolute atomic E-state index is 0.274. The van der Waals surface area contributed by atoms with Crippen LogP contribution < -0.4 is 0 Å². The van der Waals surface area contributed by atoms with E-state index >= 15 is 0 Å². The van der Waals surface area contributed by atoms with Crippen LogP contribution >= 0.6 is 0 Å². The predicted octanol–water partition coefficient (Wildman–Crippen LogP) is 1.13. The van der Waals surface area contributed by atoms with E-state index in [0.29, 0.717) is 19.4 Å². The van der Waals surface area contributed by atoms with Crippen LogP contribution in [0.15, 0.2) is 0 Å².